The first-order valence-electron chi connectivity index (χ1n) is 5.18. The van der Waals surface area contributed by atoms with Gasteiger partial charge in [0.15, 0.2) is 0 Å². The fourth-order valence-corrected chi connectivity index (χ4v) is 2.36. The smallest absolute Gasteiger partial charge is 0.142 e. The molecular formula is C13H10BrCl2NO. The van der Waals surface area contributed by atoms with Gasteiger partial charge in [0.05, 0.1) is 5.69 Å². The van der Waals surface area contributed by atoms with Crippen molar-refractivity contribution in [2.45, 2.75) is 6.61 Å². The van der Waals surface area contributed by atoms with E-state index in [2.05, 4.69) is 15.9 Å². The van der Waals surface area contributed by atoms with Gasteiger partial charge >= 0.3 is 0 Å². The van der Waals surface area contributed by atoms with Crippen LogP contribution in [0.4, 0.5) is 5.69 Å². The molecule has 0 aliphatic heterocycles. The zero-order chi connectivity index (χ0) is 13.1. The molecule has 0 unspecified atom stereocenters. The first kappa shape index (κ1) is 13.5. The lowest BCUT2D eigenvalue weighted by molar-refractivity contribution is 0.308. The van der Waals surface area contributed by atoms with Crippen LogP contribution < -0.4 is 10.5 Å². The minimum atomic E-state index is 0.282. The summed E-state index contributed by atoms with van der Waals surface area (Å²) in [6.45, 7) is 0.282. The molecule has 0 radical (unpaired) electrons. The average molecular weight is 347 g/mol. The summed E-state index contributed by atoms with van der Waals surface area (Å²) in [4.78, 5) is 0. The van der Waals surface area contributed by atoms with E-state index in [1.54, 1.807) is 30.3 Å². The number of ether oxygens (including phenoxy) is 1. The highest BCUT2D eigenvalue weighted by atomic mass is 79.9. The Bertz CT molecular complexity index is 555. The summed E-state index contributed by atoms with van der Waals surface area (Å²) in [7, 11) is 0. The fourth-order valence-electron chi connectivity index (χ4n) is 1.47. The molecule has 0 spiro atoms. The number of hydrogen-bond donors (Lipinski definition) is 1. The first-order chi connectivity index (χ1) is 8.58. The third kappa shape index (κ3) is 3.10. The summed E-state index contributed by atoms with van der Waals surface area (Å²) in [6.07, 6.45) is 0. The van der Waals surface area contributed by atoms with E-state index in [1.807, 2.05) is 6.07 Å². The van der Waals surface area contributed by atoms with Gasteiger partial charge in [-0.2, -0.15) is 0 Å². The molecule has 94 valence electrons. The van der Waals surface area contributed by atoms with Gasteiger partial charge in [0.1, 0.15) is 12.4 Å². The van der Waals surface area contributed by atoms with Crippen molar-refractivity contribution in [3.05, 3.63) is 56.5 Å². The quantitative estimate of drug-likeness (QED) is 0.801. The van der Waals surface area contributed by atoms with E-state index in [-0.39, 0.29) is 6.61 Å². The summed E-state index contributed by atoms with van der Waals surface area (Å²) in [5.41, 5.74) is 7.16. The molecule has 5 heteroatoms. The van der Waals surface area contributed by atoms with Gasteiger partial charge in [-0.05, 0) is 30.3 Å². The molecule has 0 fully saturated rings. The van der Waals surface area contributed by atoms with E-state index in [0.29, 0.717) is 21.5 Å². The molecule has 0 amide bonds. The van der Waals surface area contributed by atoms with Crippen LogP contribution in [0.5, 0.6) is 5.75 Å². The van der Waals surface area contributed by atoms with Gasteiger partial charge < -0.3 is 10.5 Å². The topological polar surface area (TPSA) is 35.2 Å². The highest BCUT2D eigenvalue weighted by molar-refractivity contribution is 9.10. The molecular weight excluding hydrogens is 337 g/mol. The first-order valence-corrected chi connectivity index (χ1v) is 6.73. The van der Waals surface area contributed by atoms with E-state index in [9.17, 15) is 0 Å². The molecule has 0 aliphatic rings. The largest absolute Gasteiger partial charge is 0.487 e. The Balaban J connectivity index is 2.16. The number of halogens is 3. The zero-order valence-corrected chi connectivity index (χ0v) is 12.4. The molecule has 18 heavy (non-hydrogen) atoms. The lowest BCUT2D eigenvalue weighted by Crippen LogP contribution is -2.00. The highest BCUT2D eigenvalue weighted by Crippen LogP contribution is 2.29. The summed E-state index contributed by atoms with van der Waals surface area (Å²) < 4.78 is 6.53. The molecule has 0 aliphatic carbocycles. The van der Waals surface area contributed by atoms with Crippen molar-refractivity contribution in [1.29, 1.82) is 0 Å². The van der Waals surface area contributed by atoms with E-state index in [0.717, 1.165) is 10.0 Å². The maximum absolute atomic E-state index is 6.06. The van der Waals surface area contributed by atoms with Crippen LogP contribution in [-0.4, -0.2) is 0 Å². The Morgan fingerprint density at radius 3 is 2.39 bits per heavy atom. The predicted molar refractivity (Wildman–Crippen MR) is 79.3 cm³/mol. The Kier molecular flexibility index (Phi) is 4.38. The molecule has 2 rings (SSSR count). The molecule has 0 saturated heterocycles. The average Bonchev–Trinajstić information content (AvgIpc) is 2.31. The summed E-state index contributed by atoms with van der Waals surface area (Å²) in [5, 5.41) is 1.16. The van der Waals surface area contributed by atoms with Crippen LogP contribution in [0.1, 0.15) is 5.56 Å². The lowest BCUT2D eigenvalue weighted by Gasteiger charge is -2.11. The van der Waals surface area contributed by atoms with Crippen LogP contribution in [0.25, 0.3) is 0 Å². The van der Waals surface area contributed by atoms with Crippen molar-refractivity contribution in [3.8, 4) is 5.75 Å². The van der Waals surface area contributed by atoms with Gasteiger partial charge in [0, 0.05) is 20.1 Å². The summed E-state index contributed by atoms with van der Waals surface area (Å²) >= 11 is 15.5. The van der Waals surface area contributed by atoms with Crippen molar-refractivity contribution in [2.75, 3.05) is 5.73 Å². The monoisotopic (exact) mass is 345 g/mol. The molecule has 0 aromatic heterocycles. The number of nitrogens with two attached hydrogens (primary N) is 1. The van der Waals surface area contributed by atoms with E-state index in [4.69, 9.17) is 33.7 Å². The molecule has 2 aromatic rings. The Morgan fingerprint density at radius 1 is 1.11 bits per heavy atom. The SMILES string of the molecule is Nc1cc(Br)ccc1OCc1c(Cl)cccc1Cl. The van der Waals surface area contributed by atoms with Crippen LogP contribution >= 0.6 is 39.1 Å². The van der Waals surface area contributed by atoms with Crippen molar-refractivity contribution in [1.82, 2.24) is 0 Å². The standard InChI is InChI=1S/C13H10BrCl2NO/c14-8-4-5-13(12(17)6-8)18-7-9-10(15)2-1-3-11(9)16/h1-6H,7,17H2. The number of benzene rings is 2. The third-order valence-electron chi connectivity index (χ3n) is 2.41. The van der Waals surface area contributed by atoms with E-state index < -0.39 is 0 Å². The van der Waals surface area contributed by atoms with Gasteiger partial charge in [-0.1, -0.05) is 45.2 Å². The maximum Gasteiger partial charge on any atom is 0.142 e. The highest BCUT2D eigenvalue weighted by Gasteiger charge is 2.07. The van der Waals surface area contributed by atoms with Gasteiger partial charge in [0.25, 0.3) is 0 Å². The van der Waals surface area contributed by atoms with Crippen LogP contribution in [0.15, 0.2) is 40.9 Å². The second-order valence-electron chi connectivity index (χ2n) is 3.67. The van der Waals surface area contributed by atoms with Crippen LogP contribution in [-0.2, 0) is 6.61 Å². The normalized spacial score (nSPS) is 10.4. The van der Waals surface area contributed by atoms with Crippen LogP contribution in [0, 0.1) is 0 Å². The molecule has 2 N–H and O–H groups in total. The van der Waals surface area contributed by atoms with Gasteiger partial charge in [-0.15, -0.1) is 0 Å². The van der Waals surface area contributed by atoms with Crippen molar-refractivity contribution in [2.24, 2.45) is 0 Å². The Labute approximate surface area is 124 Å². The number of hydrogen-bond acceptors (Lipinski definition) is 2. The minimum absolute atomic E-state index is 0.282. The molecule has 2 aromatic carbocycles. The van der Waals surface area contributed by atoms with Crippen molar-refractivity contribution >= 4 is 44.8 Å². The number of anilines is 1. The van der Waals surface area contributed by atoms with E-state index in [1.165, 1.54) is 0 Å². The zero-order valence-electron chi connectivity index (χ0n) is 9.29. The second kappa shape index (κ2) is 5.83. The van der Waals surface area contributed by atoms with Crippen molar-refractivity contribution < 1.29 is 4.74 Å². The second-order valence-corrected chi connectivity index (χ2v) is 5.40. The summed E-state index contributed by atoms with van der Waals surface area (Å²) in [5.74, 6) is 0.606. The third-order valence-corrected chi connectivity index (χ3v) is 3.61. The molecule has 0 heterocycles. The number of rotatable bonds is 3. The van der Waals surface area contributed by atoms with E-state index >= 15 is 0 Å². The van der Waals surface area contributed by atoms with Gasteiger partial charge in [-0.25, -0.2) is 0 Å². The van der Waals surface area contributed by atoms with Gasteiger partial charge in [0.2, 0.25) is 0 Å². The molecule has 2 nitrogen and oxygen atoms in total. The van der Waals surface area contributed by atoms with Gasteiger partial charge in [-0.3, -0.25) is 0 Å². The fraction of sp³-hybridized carbons (Fsp3) is 0.0769. The van der Waals surface area contributed by atoms with Crippen LogP contribution in [0.2, 0.25) is 10.0 Å². The number of nitrogen functional groups attached to an aromatic ring is 1. The summed E-state index contributed by atoms with van der Waals surface area (Å²) in [6, 6.07) is 10.8. The molecule has 0 saturated carbocycles. The molecule has 0 bridgehead atoms. The minimum Gasteiger partial charge on any atom is -0.487 e. The van der Waals surface area contributed by atoms with Crippen molar-refractivity contribution in [3.63, 3.8) is 0 Å². The van der Waals surface area contributed by atoms with Crippen LogP contribution in [0.3, 0.4) is 0 Å². The molecule has 0 atom stereocenters. The Hall–Kier alpha value is -0.900. The predicted octanol–water partition coefficient (Wildman–Crippen LogP) is 4.92. The Morgan fingerprint density at radius 2 is 1.78 bits per heavy atom. The maximum atomic E-state index is 6.06. The lowest BCUT2D eigenvalue weighted by atomic mass is 10.2.